The molecule has 0 spiro atoms. The summed E-state index contributed by atoms with van der Waals surface area (Å²) in [5, 5.41) is 0. The zero-order chi connectivity index (χ0) is 8.58. The molecule has 0 aliphatic heterocycles. The van der Waals surface area contributed by atoms with Crippen molar-refractivity contribution in [2.45, 2.75) is 30.9 Å². The quantitative estimate of drug-likeness (QED) is 0.530. The maximum atomic E-state index is 12.5. The first-order valence-corrected chi connectivity index (χ1v) is 4.10. The molecule has 10 heavy (non-hydrogen) atoms. The van der Waals surface area contributed by atoms with Gasteiger partial charge >= 0.3 is 0 Å². The van der Waals surface area contributed by atoms with Gasteiger partial charge in [0.25, 0.3) is 5.92 Å². The molecule has 0 fully saturated rings. The van der Waals surface area contributed by atoms with E-state index in [4.69, 9.17) is 0 Å². The molecule has 0 N–H and O–H groups in total. The summed E-state index contributed by atoms with van der Waals surface area (Å²) in [6.07, 6.45) is 0. The molecule has 62 valence electrons. The van der Waals surface area contributed by atoms with Gasteiger partial charge < -0.3 is 0 Å². The third-order valence-electron chi connectivity index (χ3n) is 1.68. The molecule has 4 heteroatoms. The lowest BCUT2D eigenvalue weighted by molar-refractivity contribution is -0.101. The fraction of sp³-hybridized carbons (Fsp3) is 1.00. The topological polar surface area (TPSA) is 0 Å². The highest BCUT2D eigenvalue weighted by Gasteiger charge is 2.47. The maximum absolute atomic E-state index is 12.5. The summed E-state index contributed by atoms with van der Waals surface area (Å²) in [5.74, 6) is -2.96. The molecule has 0 nitrogen and oxygen atoms in total. The van der Waals surface area contributed by atoms with Crippen LogP contribution < -0.4 is 0 Å². The monoisotopic (exact) mass is 266 g/mol. The molecule has 0 radical (unpaired) electrons. The van der Waals surface area contributed by atoms with Crippen LogP contribution in [0.1, 0.15) is 20.8 Å². The van der Waals surface area contributed by atoms with Crippen molar-refractivity contribution in [1.82, 2.24) is 0 Å². The lowest BCUT2D eigenvalue weighted by atomic mass is 9.88. The smallest absolute Gasteiger partial charge is 0.235 e. The fourth-order valence-electron chi connectivity index (χ4n) is 0.192. The first-order chi connectivity index (χ1) is 4.19. The Bertz CT molecular complexity index is 115. The molecule has 0 saturated heterocycles. The molecule has 0 aliphatic carbocycles. The van der Waals surface area contributed by atoms with E-state index in [0.717, 1.165) is 6.92 Å². The van der Waals surface area contributed by atoms with Gasteiger partial charge in [-0.15, -0.1) is 0 Å². The second kappa shape index (κ2) is 2.87. The standard InChI is InChI=1S/C6H10F3I/c1-5(2,4(7)10)6(3,8)9/h4H,1-3H3. The molecule has 0 aromatic carbocycles. The van der Waals surface area contributed by atoms with Gasteiger partial charge in [0.05, 0.1) is 5.41 Å². The van der Waals surface area contributed by atoms with Crippen molar-refractivity contribution < 1.29 is 13.2 Å². The molecule has 0 saturated carbocycles. The van der Waals surface area contributed by atoms with Crippen molar-refractivity contribution >= 4 is 22.6 Å². The molecule has 0 aliphatic rings. The number of hydrogen-bond donors (Lipinski definition) is 0. The Morgan fingerprint density at radius 3 is 1.50 bits per heavy atom. The van der Waals surface area contributed by atoms with E-state index in [1.807, 2.05) is 0 Å². The van der Waals surface area contributed by atoms with E-state index in [1.54, 1.807) is 0 Å². The molecular weight excluding hydrogens is 256 g/mol. The third-order valence-corrected chi connectivity index (χ3v) is 3.23. The van der Waals surface area contributed by atoms with Crippen LogP contribution in [0, 0.1) is 5.41 Å². The minimum atomic E-state index is -2.96. The Hall–Kier alpha value is 0.520. The zero-order valence-corrected chi connectivity index (χ0v) is 8.25. The summed E-state index contributed by atoms with van der Waals surface area (Å²) in [6, 6.07) is 0. The van der Waals surface area contributed by atoms with E-state index in [2.05, 4.69) is 0 Å². The first-order valence-electron chi connectivity index (χ1n) is 2.85. The van der Waals surface area contributed by atoms with E-state index < -0.39 is 15.5 Å². The molecule has 0 heterocycles. The molecule has 0 amide bonds. The van der Waals surface area contributed by atoms with Gasteiger partial charge in [-0.3, -0.25) is 0 Å². The molecule has 1 unspecified atom stereocenters. The predicted octanol–water partition coefficient (Wildman–Crippen LogP) is 3.40. The third kappa shape index (κ3) is 2.00. The van der Waals surface area contributed by atoms with Crippen molar-refractivity contribution in [3.63, 3.8) is 0 Å². The molecule has 0 bridgehead atoms. The zero-order valence-electron chi connectivity index (χ0n) is 6.09. The molecular formula is C6H10F3I. The summed E-state index contributed by atoms with van der Waals surface area (Å²) < 4.78 is 36.0. The number of halogens is 4. The van der Waals surface area contributed by atoms with Crippen LogP contribution in [0.3, 0.4) is 0 Å². The maximum Gasteiger partial charge on any atom is 0.253 e. The van der Waals surface area contributed by atoms with Crippen LogP contribution in [0.25, 0.3) is 0 Å². The van der Waals surface area contributed by atoms with Crippen molar-refractivity contribution in [3.05, 3.63) is 0 Å². The van der Waals surface area contributed by atoms with Crippen LogP contribution in [-0.2, 0) is 0 Å². The number of alkyl halides is 4. The van der Waals surface area contributed by atoms with Gasteiger partial charge in [-0.25, -0.2) is 13.2 Å². The first kappa shape index (κ1) is 10.5. The Kier molecular flexibility index (Phi) is 3.02. The highest BCUT2D eigenvalue weighted by Crippen LogP contribution is 2.42. The molecule has 0 aromatic rings. The van der Waals surface area contributed by atoms with E-state index in [0.29, 0.717) is 0 Å². The lowest BCUT2D eigenvalue weighted by Gasteiger charge is -2.31. The van der Waals surface area contributed by atoms with Crippen molar-refractivity contribution in [3.8, 4) is 0 Å². The van der Waals surface area contributed by atoms with Gasteiger partial charge in [0, 0.05) is 6.92 Å². The van der Waals surface area contributed by atoms with Gasteiger partial charge in [0.1, 0.15) is 0 Å². The average Bonchev–Trinajstić information content (AvgIpc) is 1.62. The lowest BCUT2D eigenvalue weighted by Crippen LogP contribution is -2.38. The van der Waals surface area contributed by atoms with E-state index in [-0.39, 0.29) is 0 Å². The second-order valence-electron chi connectivity index (χ2n) is 2.91. The fourth-order valence-corrected chi connectivity index (χ4v) is 0.738. The van der Waals surface area contributed by atoms with Crippen LogP contribution in [-0.4, -0.2) is 10.1 Å². The minimum Gasteiger partial charge on any atom is -0.235 e. The van der Waals surface area contributed by atoms with Crippen LogP contribution in [0.15, 0.2) is 0 Å². The molecule has 1 atom stereocenters. The number of rotatable bonds is 2. The van der Waals surface area contributed by atoms with E-state index in [9.17, 15) is 13.2 Å². The van der Waals surface area contributed by atoms with Gasteiger partial charge in [-0.05, 0) is 22.6 Å². The predicted molar refractivity (Wildman–Crippen MR) is 43.3 cm³/mol. The molecule has 0 aromatic heterocycles. The summed E-state index contributed by atoms with van der Waals surface area (Å²) in [4.78, 5) is 0. The Balaban J connectivity index is 4.40. The normalized spacial score (nSPS) is 17.1. The summed E-state index contributed by atoms with van der Waals surface area (Å²) >= 11 is 1.36. The Morgan fingerprint density at radius 1 is 1.20 bits per heavy atom. The van der Waals surface area contributed by atoms with Crippen molar-refractivity contribution in [1.29, 1.82) is 0 Å². The SMILES string of the molecule is CC(F)(F)C(C)(C)C(F)I. The summed E-state index contributed by atoms with van der Waals surface area (Å²) in [7, 11) is 0. The Labute approximate surface area is 72.3 Å². The summed E-state index contributed by atoms with van der Waals surface area (Å²) in [5.41, 5.74) is -1.58. The van der Waals surface area contributed by atoms with E-state index >= 15 is 0 Å². The number of hydrogen-bond acceptors (Lipinski definition) is 0. The van der Waals surface area contributed by atoms with Gasteiger partial charge in [0.15, 0.2) is 4.18 Å². The van der Waals surface area contributed by atoms with Gasteiger partial charge in [-0.1, -0.05) is 13.8 Å². The minimum absolute atomic E-state index is 0.734. The van der Waals surface area contributed by atoms with E-state index in [1.165, 1.54) is 36.4 Å². The Morgan fingerprint density at radius 2 is 1.50 bits per heavy atom. The van der Waals surface area contributed by atoms with Crippen LogP contribution >= 0.6 is 22.6 Å². The van der Waals surface area contributed by atoms with Crippen LogP contribution in [0.2, 0.25) is 0 Å². The highest BCUT2D eigenvalue weighted by atomic mass is 127. The second-order valence-corrected chi connectivity index (χ2v) is 4.00. The highest BCUT2D eigenvalue weighted by molar-refractivity contribution is 14.1. The molecule has 0 rings (SSSR count). The van der Waals surface area contributed by atoms with Crippen molar-refractivity contribution in [2.24, 2.45) is 5.41 Å². The average molecular weight is 266 g/mol. The largest absolute Gasteiger partial charge is 0.253 e. The van der Waals surface area contributed by atoms with Crippen LogP contribution in [0.5, 0.6) is 0 Å². The van der Waals surface area contributed by atoms with Crippen molar-refractivity contribution in [2.75, 3.05) is 0 Å². The van der Waals surface area contributed by atoms with Crippen LogP contribution in [0.4, 0.5) is 13.2 Å². The van der Waals surface area contributed by atoms with Gasteiger partial charge in [0.2, 0.25) is 0 Å². The van der Waals surface area contributed by atoms with Gasteiger partial charge in [-0.2, -0.15) is 0 Å². The summed E-state index contributed by atoms with van der Waals surface area (Å²) in [6.45, 7) is 3.16.